The number of nitrogens with one attached hydrogen (secondary N) is 3. The van der Waals surface area contributed by atoms with Crippen LogP contribution in [0.1, 0.15) is 46.7 Å². The number of hydrogen-bond acceptors (Lipinski definition) is 8. The first-order valence-electron chi connectivity index (χ1n) is 14.8. The summed E-state index contributed by atoms with van der Waals surface area (Å²) in [4.78, 5) is 41.3. The molecular formula is C33H35BN4O7S. The molecule has 0 spiro atoms. The van der Waals surface area contributed by atoms with E-state index >= 15 is 0 Å². The van der Waals surface area contributed by atoms with Crippen LogP contribution in [0.2, 0.25) is 0 Å². The van der Waals surface area contributed by atoms with Crippen LogP contribution in [-0.4, -0.2) is 62.3 Å². The molecule has 0 bridgehead atoms. The first-order valence-corrected chi connectivity index (χ1v) is 16.4. The molecule has 1 aromatic heterocycles. The van der Waals surface area contributed by atoms with Crippen molar-refractivity contribution in [1.82, 2.24) is 9.79 Å². The minimum absolute atomic E-state index is 0.0612. The quantitative estimate of drug-likeness (QED) is 0.162. The fraction of sp³-hybridized carbons (Fsp3) is 0.303. The van der Waals surface area contributed by atoms with Gasteiger partial charge in [-0.25, -0.2) is 18.0 Å². The number of benzene rings is 3. The highest BCUT2D eigenvalue weighted by Crippen LogP contribution is 2.36. The summed E-state index contributed by atoms with van der Waals surface area (Å²) in [6, 6.07) is 14.0. The third-order valence-electron chi connectivity index (χ3n) is 7.97. The zero-order chi connectivity index (χ0) is 33.2. The summed E-state index contributed by atoms with van der Waals surface area (Å²) in [6.07, 6.45) is 2.54. The smallest absolute Gasteiger partial charge is 0.411 e. The number of ether oxygens (including phenoxy) is 1. The molecule has 5 rings (SSSR count). The van der Waals surface area contributed by atoms with Gasteiger partial charge >= 0.3 is 12.1 Å². The topological polar surface area (TPSA) is 158 Å². The molecule has 1 aliphatic carbocycles. The van der Waals surface area contributed by atoms with Gasteiger partial charge in [0.05, 0.1) is 16.8 Å². The Morgan fingerprint density at radius 2 is 1.76 bits per heavy atom. The van der Waals surface area contributed by atoms with Crippen LogP contribution in [0.3, 0.4) is 0 Å². The second-order valence-electron chi connectivity index (χ2n) is 11.7. The van der Waals surface area contributed by atoms with Crippen LogP contribution in [0.5, 0.6) is 0 Å². The van der Waals surface area contributed by atoms with E-state index in [0.29, 0.717) is 47.2 Å². The first-order chi connectivity index (χ1) is 21.8. The normalized spacial score (nSPS) is 13.8. The van der Waals surface area contributed by atoms with Gasteiger partial charge in [0.2, 0.25) is 0 Å². The standard InChI is InChI=1S/C33H35BN4O7S/c1-19-14-22(30(32(40)41)36-25-5-4-21-10-12-35-31(39)28(21)17-25)15-20(2)27(19)11-13-45-33(42)37-24-6-9-29(23(16-24)18-38(3)34)46(43,44)26-7-8-26/h4-6,9-10,12,14-17,26,30,36H,7-8,11,13,18H2,1-3H3,(H,35,39)(H,37,42)(H,40,41). The highest BCUT2D eigenvalue weighted by molar-refractivity contribution is 7.92. The summed E-state index contributed by atoms with van der Waals surface area (Å²) in [5.41, 5.74) is 4.24. The SMILES string of the molecule is [B]N(C)Cc1cc(NC(=O)OCCc2c(C)cc(C(Nc3ccc4cc[nH]c(=O)c4c3)C(=O)O)cc2C)ccc1S(=O)(=O)C1CC1. The largest absolute Gasteiger partial charge is 0.479 e. The first kappa shape index (κ1) is 32.8. The number of aryl methyl sites for hydroxylation is 2. The number of sulfone groups is 1. The number of amides is 1. The lowest BCUT2D eigenvalue weighted by atomic mass is 9.94. The number of anilines is 2. The molecule has 1 fully saturated rings. The van der Waals surface area contributed by atoms with Crippen LogP contribution in [0.25, 0.3) is 10.8 Å². The molecule has 2 radical (unpaired) electrons. The Bertz CT molecular complexity index is 1950. The second kappa shape index (κ2) is 13.4. The number of H-pyrrole nitrogens is 1. The number of fused-ring (bicyclic) bond motifs is 1. The summed E-state index contributed by atoms with van der Waals surface area (Å²) in [5, 5.41) is 16.5. The van der Waals surface area contributed by atoms with Gasteiger partial charge < -0.3 is 25.0 Å². The Kier molecular flexibility index (Phi) is 9.54. The molecule has 238 valence electrons. The van der Waals surface area contributed by atoms with Crippen molar-refractivity contribution >= 4 is 52.0 Å². The molecule has 1 atom stereocenters. The lowest BCUT2D eigenvalue weighted by Gasteiger charge is -2.20. The van der Waals surface area contributed by atoms with Crippen LogP contribution >= 0.6 is 0 Å². The van der Waals surface area contributed by atoms with Gasteiger partial charge in [-0.2, -0.15) is 0 Å². The number of carbonyl (C=O) groups excluding carboxylic acids is 1. The summed E-state index contributed by atoms with van der Waals surface area (Å²) in [7, 11) is 3.98. The van der Waals surface area contributed by atoms with E-state index in [2.05, 4.69) is 15.6 Å². The van der Waals surface area contributed by atoms with Crippen LogP contribution in [0, 0.1) is 13.8 Å². The van der Waals surface area contributed by atoms with Crippen molar-refractivity contribution in [2.24, 2.45) is 0 Å². The Morgan fingerprint density at radius 1 is 1.07 bits per heavy atom. The predicted octanol–water partition coefficient (Wildman–Crippen LogP) is 4.63. The molecule has 1 unspecified atom stereocenters. The molecule has 13 heteroatoms. The summed E-state index contributed by atoms with van der Waals surface area (Å²) in [5.74, 6) is -1.08. The fourth-order valence-corrected chi connectivity index (χ4v) is 7.46. The van der Waals surface area contributed by atoms with Gasteiger partial charge in [0.1, 0.15) is 0 Å². The highest BCUT2D eigenvalue weighted by Gasteiger charge is 2.38. The van der Waals surface area contributed by atoms with Crippen LogP contribution in [0.4, 0.5) is 16.2 Å². The number of hydrogen-bond donors (Lipinski definition) is 4. The number of pyridine rings is 1. The van der Waals surface area contributed by atoms with Crippen molar-refractivity contribution < 1.29 is 27.9 Å². The Hall–Kier alpha value is -4.62. The van der Waals surface area contributed by atoms with E-state index in [1.165, 1.54) is 16.9 Å². The van der Waals surface area contributed by atoms with Crippen molar-refractivity contribution in [2.75, 3.05) is 24.3 Å². The Balaban J connectivity index is 1.24. The van der Waals surface area contributed by atoms with Crippen molar-refractivity contribution in [3.8, 4) is 0 Å². The van der Waals surface area contributed by atoms with E-state index in [-0.39, 0.29) is 28.9 Å². The summed E-state index contributed by atoms with van der Waals surface area (Å²) >= 11 is 0. The Labute approximate surface area is 268 Å². The minimum Gasteiger partial charge on any atom is -0.479 e. The molecule has 4 aromatic rings. The third-order valence-corrected chi connectivity index (χ3v) is 10.3. The lowest BCUT2D eigenvalue weighted by molar-refractivity contribution is -0.138. The maximum absolute atomic E-state index is 12.9. The highest BCUT2D eigenvalue weighted by atomic mass is 32.2. The predicted molar refractivity (Wildman–Crippen MR) is 177 cm³/mol. The summed E-state index contributed by atoms with van der Waals surface area (Å²) < 4.78 is 31.2. The Morgan fingerprint density at radius 3 is 2.41 bits per heavy atom. The van der Waals surface area contributed by atoms with E-state index in [4.69, 9.17) is 12.7 Å². The fourth-order valence-electron chi connectivity index (χ4n) is 5.60. The molecule has 46 heavy (non-hydrogen) atoms. The van der Waals surface area contributed by atoms with E-state index < -0.39 is 27.9 Å². The van der Waals surface area contributed by atoms with Crippen molar-refractivity contribution in [3.63, 3.8) is 0 Å². The maximum atomic E-state index is 12.9. The van der Waals surface area contributed by atoms with E-state index in [9.17, 15) is 27.9 Å². The molecule has 0 saturated heterocycles. The van der Waals surface area contributed by atoms with Gasteiger partial charge in [-0.3, -0.25) is 10.1 Å². The lowest BCUT2D eigenvalue weighted by Crippen LogP contribution is -2.21. The second-order valence-corrected chi connectivity index (χ2v) is 13.8. The zero-order valence-corrected chi connectivity index (χ0v) is 26.6. The van der Waals surface area contributed by atoms with Crippen molar-refractivity contribution in [1.29, 1.82) is 0 Å². The van der Waals surface area contributed by atoms with Crippen LogP contribution in [-0.2, 0) is 32.3 Å². The maximum Gasteiger partial charge on any atom is 0.411 e. The molecule has 11 nitrogen and oxygen atoms in total. The van der Waals surface area contributed by atoms with E-state index in [0.717, 1.165) is 22.1 Å². The molecule has 1 amide bonds. The number of aromatic nitrogens is 1. The van der Waals surface area contributed by atoms with Crippen LogP contribution < -0.4 is 16.2 Å². The van der Waals surface area contributed by atoms with Crippen LogP contribution in [0.15, 0.2) is 70.5 Å². The van der Waals surface area contributed by atoms with E-state index in [1.54, 1.807) is 55.7 Å². The zero-order valence-electron chi connectivity index (χ0n) is 25.8. The molecule has 0 aliphatic heterocycles. The van der Waals surface area contributed by atoms with Gasteiger partial charge in [-0.15, -0.1) is 0 Å². The average molecular weight is 643 g/mol. The minimum atomic E-state index is -3.45. The number of carboxylic acids is 1. The van der Waals surface area contributed by atoms with Crippen molar-refractivity contribution in [3.05, 3.63) is 99.0 Å². The van der Waals surface area contributed by atoms with Gasteiger partial charge in [-0.05, 0) is 103 Å². The van der Waals surface area contributed by atoms with Gasteiger partial charge in [0.15, 0.2) is 23.9 Å². The van der Waals surface area contributed by atoms with Gasteiger partial charge in [0.25, 0.3) is 5.56 Å². The van der Waals surface area contributed by atoms with Gasteiger partial charge in [-0.1, -0.05) is 18.2 Å². The molecular weight excluding hydrogens is 607 g/mol. The molecule has 1 aliphatic rings. The monoisotopic (exact) mass is 642 g/mol. The van der Waals surface area contributed by atoms with Gasteiger partial charge in [0, 0.05) is 35.9 Å². The molecule has 1 heterocycles. The molecule has 4 N–H and O–H groups in total. The number of rotatable bonds is 12. The van der Waals surface area contributed by atoms with Crippen molar-refractivity contribution in [2.45, 2.75) is 55.8 Å². The number of aliphatic carboxylic acids is 1. The molecule has 1 saturated carbocycles. The number of nitrogens with zero attached hydrogens (tertiary/aromatic N) is 1. The average Bonchev–Trinajstić information content (AvgIpc) is 3.84. The number of carboxylic acid groups (broad SMARTS) is 1. The number of carbonyl (C=O) groups is 2. The number of aromatic amines is 1. The summed E-state index contributed by atoms with van der Waals surface area (Å²) in [6.45, 7) is 3.98. The van der Waals surface area contributed by atoms with E-state index in [1.807, 2.05) is 13.8 Å². The molecule has 3 aromatic carbocycles. The third kappa shape index (κ3) is 7.43.